The summed E-state index contributed by atoms with van der Waals surface area (Å²) >= 11 is 5.60. The van der Waals surface area contributed by atoms with Gasteiger partial charge in [-0.05, 0) is 12.1 Å². The smallest absolute Gasteiger partial charge is 0.153 e. The molecule has 1 heterocycles. The van der Waals surface area contributed by atoms with E-state index in [1.54, 1.807) is 7.05 Å². The van der Waals surface area contributed by atoms with Crippen LogP contribution in [0.2, 0.25) is 5.02 Å². The summed E-state index contributed by atoms with van der Waals surface area (Å²) in [4.78, 5) is 0. The summed E-state index contributed by atoms with van der Waals surface area (Å²) in [6, 6.07) is 2.72. The first kappa shape index (κ1) is 10.8. The van der Waals surface area contributed by atoms with Crippen LogP contribution in [-0.4, -0.2) is 14.9 Å². The maximum atomic E-state index is 13.8. The van der Waals surface area contributed by atoms with Crippen LogP contribution in [0.3, 0.4) is 0 Å². The van der Waals surface area contributed by atoms with Crippen molar-refractivity contribution in [1.29, 1.82) is 0 Å². The van der Waals surface area contributed by atoms with E-state index in [9.17, 15) is 9.50 Å². The fourth-order valence-corrected chi connectivity index (χ4v) is 1.57. The van der Waals surface area contributed by atoms with E-state index in [0.717, 1.165) is 0 Å². The molecule has 84 valence electrons. The number of hydrogen-bond donors (Lipinski definition) is 2. The number of hydrogen-bond acceptors (Lipinski definition) is 3. The lowest BCUT2D eigenvalue weighted by molar-refractivity contribution is 0.470. The van der Waals surface area contributed by atoms with Gasteiger partial charge in [-0.3, -0.25) is 4.68 Å². The average Bonchev–Trinajstić information content (AvgIpc) is 2.58. The molecule has 2 aromatic rings. The highest BCUT2D eigenvalue weighted by Crippen LogP contribution is 2.35. The summed E-state index contributed by atoms with van der Waals surface area (Å²) < 4.78 is 15.2. The van der Waals surface area contributed by atoms with Gasteiger partial charge in [-0.15, -0.1) is 0 Å². The standard InChI is InChI=1S/C10H9ClFN3O/c1-15-10(13)6(4-14-15)5-2-3-7(16)8(11)9(5)12/h2-4,16H,13H2,1H3. The molecule has 0 aliphatic heterocycles. The number of phenolic OH excluding ortho intramolecular Hbond substituents is 1. The van der Waals surface area contributed by atoms with Crippen LogP contribution in [0, 0.1) is 5.82 Å². The van der Waals surface area contributed by atoms with Crippen molar-refractivity contribution in [1.82, 2.24) is 9.78 Å². The van der Waals surface area contributed by atoms with E-state index in [4.69, 9.17) is 17.3 Å². The topological polar surface area (TPSA) is 64.1 Å². The molecule has 0 aliphatic rings. The van der Waals surface area contributed by atoms with Crippen LogP contribution in [0.15, 0.2) is 18.3 Å². The van der Waals surface area contributed by atoms with Crippen molar-refractivity contribution in [3.63, 3.8) is 0 Å². The van der Waals surface area contributed by atoms with Gasteiger partial charge in [-0.2, -0.15) is 5.10 Å². The highest BCUT2D eigenvalue weighted by Gasteiger charge is 2.16. The van der Waals surface area contributed by atoms with Crippen LogP contribution >= 0.6 is 11.6 Å². The van der Waals surface area contributed by atoms with Gasteiger partial charge in [0.05, 0.1) is 6.20 Å². The van der Waals surface area contributed by atoms with Crippen LogP contribution in [0.4, 0.5) is 10.2 Å². The Morgan fingerprint density at radius 3 is 2.69 bits per heavy atom. The predicted octanol–water partition coefficient (Wildman–Crippen LogP) is 2.17. The highest BCUT2D eigenvalue weighted by atomic mass is 35.5. The lowest BCUT2D eigenvalue weighted by Crippen LogP contribution is -1.98. The van der Waals surface area contributed by atoms with Gasteiger partial charge < -0.3 is 10.8 Å². The van der Waals surface area contributed by atoms with Gasteiger partial charge in [-0.1, -0.05) is 11.6 Å². The Labute approximate surface area is 96.1 Å². The molecule has 6 heteroatoms. The summed E-state index contributed by atoms with van der Waals surface area (Å²) in [5, 5.41) is 12.8. The Hall–Kier alpha value is -1.75. The number of aryl methyl sites for hydroxylation is 1. The number of nitrogen functional groups attached to an aromatic ring is 1. The monoisotopic (exact) mass is 241 g/mol. The fourth-order valence-electron chi connectivity index (χ4n) is 1.40. The van der Waals surface area contributed by atoms with Crippen molar-refractivity contribution >= 4 is 17.4 Å². The van der Waals surface area contributed by atoms with Crippen molar-refractivity contribution in [3.05, 3.63) is 29.2 Å². The predicted molar refractivity (Wildman–Crippen MR) is 59.7 cm³/mol. The molecule has 0 saturated carbocycles. The van der Waals surface area contributed by atoms with Crippen LogP contribution in [0.5, 0.6) is 5.75 Å². The van der Waals surface area contributed by atoms with E-state index in [2.05, 4.69) is 5.10 Å². The van der Waals surface area contributed by atoms with E-state index in [1.807, 2.05) is 0 Å². The summed E-state index contributed by atoms with van der Waals surface area (Å²) in [7, 11) is 1.65. The molecule has 0 bridgehead atoms. The van der Waals surface area contributed by atoms with Crippen molar-refractivity contribution in [2.45, 2.75) is 0 Å². The number of aromatic nitrogens is 2. The molecule has 1 aromatic heterocycles. The molecule has 16 heavy (non-hydrogen) atoms. The highest BCUT2D eigenvalue weighted by molar-refractivity contribution is 6.32. The first-order chi connectivity index (χ1) is 7.52. The minimum atomic E-state index is -0.707. The van der Waals surface area contributed by atoms with E-state index in [0.29, 0.717) is 11.4 Å². The zero-order valence-corrected chi connectivity index (χ0v) is 9.16. The third kappa shape index (κ3) is 1.49. The summed E-state index contributed by atoms with van der Waals surface area (Å²) in [6.45, 7) is 0. The number of benzene rings is 1. The van der Waals surface area contributed by atoms with Gasteiger partial charge in [0, 0.05) is 18.2 Å². The van der Waals surface area contributed by atoms with Crippen molar-refractivity contribution in [2.75, 3.05) is 5.73 Å². The van der Waals surface area contributed by atoms with Gasteiger partial charge in [0.15, 0.2) is 5.82 Å². The Bertz CT molecular complexity index is 553. The number of nitrogens with two attached hydrogens (primary N) is 1. The zero-order chi connectivity index (χ0) is 11.9. The lowest BCUT2D eigenvalue weighted by Gasteiger charge is -2.05. The van der Waals surface area contributed by atoms with Crippen molar-refractivity contribution < 1.29 is 9.50 Å². The van der Waals surface area contributed by atoms with E-state index in [1.165, 1.54) is 23.0 Å². The lowest BCUT2D eigenvalue weighted by atomic mass is 10.1. The van der Waals surface area contributed by atoms with E-state index in [-0.39, 0.29) is 16.3 Å². The van der Waals surface area contributed by atoms with Gasteiger partial charge in [0.25, 0.3) is 0 Å². The first-order valence-electron chi connectivity index (χ1n) is 4.47. The molecular formula is C10H9ClFN3O. The Kier molecular flexibility index (Phi) is 2.47. The number of phenols is 1. The number of nitrogens with zero attached hydrogens (tertiary/aromatic N) is 2. The minimum absolute atomic E-state index is 0.216. The summed E-state index contributed by atoms with van der Waals surface area (Å²) in [5.74, 6) is -0.674. The molecule has 3 N–H and O–H groups in total. The number of anilines is 1. The normalized spacial score (nSPS) is 10.7. The van der Waals surface area contributed by atoms with Crippen molar-refractivity contribution in [3.8, 4) is 16.9 Å². The quantitative estimate of drug-likeness (QED) is 0.804. The zero-order valence-electron chi connectivity index (χ0n) is 8.41. The van der Waals surface area contributed by atoms with Crippen LogP contribution in [-0.2, 0) is 7.05 Å². The molecule has 0 atom stereocenters. The van der Waals surface area contributed by atoms with Gasteiger partial charge in [-0.25, -0.2) is 4.39 Å². The second-order valence-corrected chi connectivity index (χ2v) is 3.71. The summed E-state index contributed by atoms with van der Waals surface area (Å²) in [5.41, 5.74) is 6.38. The molecule has 4 nitrogen and oxygen atoms in total. The molecule has 1 aromatic carbocycles. The Morgan fingerprint density at radius 1 is 1.44 bits per heavy atom. The molecule has 0 amide bonds. The van der Waals surface area contributed by atoms with Crippen molar-refractivity contribution in [2.24, 2.45) is 7.05 Å². The molecule has 0 saturated heterocycles. The maximum Gasteiger partial charge on any atom is 0.153 e. The molecule has 0 unspecified atom stereocenters. The number of rotatable bonds is 1. The third-order valence-corrected chi connectivity index (χ3v) is 2.70. The molecule has 0 fully saturated rings. The largest absolute Gasteiger partial charge is 0.506 e. The van der Waals surface area contributed by atoms with Crippen LogP contribution in [0.25, 0.3) is 11.1 Å². The van der Waals surface area contributed by atoms with Gasteiger partial charge in [0.1, 0.15) is 16.6 Å². The van der Waals surface area contributed by atoms with Crippen LogP contribution in [0.1, 0.15) is 0 Å². The number of aromatic hydroxyl groups is 1. The van der Waals surface area contributed by atoms with E-state index >= 15 is 0 Å². The number of halogens is 2. The molecule has 2 rings (SSSR count). The minimum Gasteiger partial charge on any atom is -0.506 e. The maximum absolute atomic E-state index is 13.8. The molecule has 0 spiro atoms. The van der Waals surface area contributed by atoms with Gasteiger partial charge in [0.2, 0.25) is 0 Å². The molecule has 0 aliphatic carbocycles. The second kappa shape index (κ2) is 3.68. The molecular weight excluding hydrogens is 233 g/mol. The Balaban J connectivity index is 2.66. The summed E-state index contributed by atoms with van der Waals surface area (Å²) in [6.07, 6.45) is 1.45. The first-order valence-corrected chi connectivity index (χ1v) is 4.85. The van der Waals surface area contributed by atoms with Crippen LogP contribution < -0.4 is 5.73 Å². The molecule has 0 radical (unpaired) electrons. The van der Waals surface area contributed by atoms with E-state index < -0.39 is 5.82 Å². The van der Waals surface area contributed by atoms with Gasteiger partial charge >= 0.3 is 0 Å². The Morgan fingerprint density at radius 2 is 2.12 bits per heavy atom. The fraction of sp³-hybridized carbons (Fsp3) is 0.100. The SMILES string of the molecule is Cn1ncc(-c2ccc(O)c(Cl)c2F)c1N. The average molecular weight is 242 g/mol. The third-order valence-electron chi connectivity index (χ3n) is 2.34. The second-order valence-electron chi connectivity index (χ2n) is 3.33.